The third-order valence-electron chi connectivity index (χ3n) is 2.70. The molecule has 0 radical (unpaired) electrons. The molecule has 0 bridgehead atoms. The Balaban J connectivity index is 2.11. The van der Waals surface area contributed by atoms with Crippen LogP contribution in [0, 0.1) is 5.92 Å². The van der Waals surface area contributed by atoms with Crippen LogP contribution in [0.25, 0.3) is 0 Å². The molecule has 0 amide bonds. The summed E-state index contributed by atoms with van der Waals surface area (Å²) in [5.74, 6) is 0.499. The van der Waals surface area contributed by atoms with Crippen molar-refractivity contribution >= 4 is 5.97 Å². The molecular weight excluding hydrogens is 188 g/mol. The Morgan fingerprint density at radius 1 is 1.40 bits per heavy atom. The van der Waals surface area contributed by atoms with E-state index < -0.39 is 0 Å². The molecule has 1 saturated carbocycles. The topological polar surface area (TPSA) is 26.3 Å². The van der Waals surface area contributed by atoms with Gasteiger partial charge in [0, 0.05) is 6.08 Å². The van der Waals surface area contributed by atoms with Crippen LogP contribution in [0.5, 0.6) is 0 Å². The van der Waals surface area contributed by atoms with E-state index in [4.69, 9.17) is 4.74 Å². The van der Waals surface area contributed by atoms with Crippen molar-refractivity contribution in [3.05, 3.63) is 11.6 Å². The van der Waals surface area contributed by atoms with Crippen LogP contribution in [0.1, 0.15) is 52.4 Å². The lowest BCUT2D eigenvalue weighted by atomic mass is 10.1. The maximum atomic E-state index is 11.3. The molecule has 0 unspecified atom stereocenters. The van der Waals surface area contributed by atoms with Crippen LogP contribution >= 0.6 is 0 Å². The minimum atomic E-state index is -0.157. The van der Waals surface area contributed by atoms with E-state index >= 15 is 0 Å². The van der Waals surface area contributed by atoms with Crippen molar-refractivity contribution in [2.45, 2.75) is 52.4 Å². The van der Waals surface area contributed by atoms with Crippen LogP contribution < -0.4 is 0 Å². The van der Waals surface area contributed by atoms with Gasteiger partial charge in [-0.05, 0) is 38.5 Å². The molecule has 0 aromatic carbocycles. The summed E-state index contributed by atoms with van der Waals surface area (Å²) in [5, 5.41) is 0. The molecule has 2 heteroatoms. The quantitative estimate of drug-likeness (QED) is 0.365. The minimum absolute atomic E-state index is 0.157. The molecule has 1 rings (SSSR count). The van der Waals surface area contributed by atoms with Gasteiger partial charge in [0.25, 0.3) is 0 Å². The second-order valence-corrected chi connectivity index (χ2v) is 4.52. The zero-order valence-corrected chi connectivity index (χ0v) is 9.92. The van der Waals surface area contributed by atoms with Gasteiger partial charge >= 0.3 is 5.97 Å². The number of unbranched alkanes of at least 4 members (excludes halogenated alkanes) is 2. The van der Waals surface area contributed by atoms with Crippen molar-refractivity contribution in [2.24, 2.45) is 5.92 Å². The Labute approximate surface area is 92.7 Å². The molecule has 0 saturated heterocycles. The summed E-state index contributed by atoms with van der Waals surface area (Å²) in [6.45, 7) is 4.81. The Morgan fingerprint density at radius 2 is 2.13 bits per heavy atom. The zero-order chi connectivity index (χ0) is 11.1. The van der Waals surface area contributed by atoms with Crippen molar-refractivity contribution in [2.75, 3.05) is 6.61 Å². The average molecular weight is 210 g/mol. The van der Waals surface area contributed by atoms with Gasteiger partial charge < -0.3 is 4.74 Å². The average Bonchev–Trinajstić information content (AvgIpc) is 2.98. The molecule has 0 aliphatic heterocycles. The largest absolute Gasteiger partial charge is 0.462 e. The summed E-state index contributed by atoms with van der Waals surface area (Å²) in [7, 11) is 0. The SMILES string of the molecule is CCCCCC(C)=CC(=O)OCC1CC1. The summed E-state index contributed by atoms with van der Waals surface area (Å²) >= 11 is 0. The number of rotatable bonds is 7. The van der Waals surface area contributed by atoms with Crippen molar-refractivity contribution < 1.29 is 9.53 Å². The monoisotopic (exact) mass is 210 g/mol. The number of carbonyl (C=O) groups is 1. The maximum Gasteiger partial charge on any atom is 0.330 e. The summed E-state index contributed by atoms with van der Waals surface area (Å²) in [4.78, 5) is 11.3. The number of hydrogen-bond acceptors (Lipinski definition) is 2. The van der Waals surface area contributed by atoms with Gasteiger partial charge in [0.05, 0.1) is 6.61 Å². The van der Waals surface area contributed by atoms with Crippen molar-refractivity contribution in [1.82, 2.24) is 0 Å². The molecule has 0 N–H and O–H groups in total. The molecule has 2 nitrogen and oxygen atoms in total. The fourth-order valence-electron chi connectivity index (χ4n) is 1.45. The van der Waals surface area contributed by atoms with Gasteiger partial charge in [-0.2, -0.15) is 0 Å². The Kier molecular flexibility index (Phi) is 5.44. The third kappa shape index (κ3) is 6.32. The van der Waals surface area contributed by atoms with Crippen LogP contribution in [0.4, 0.5) is 0 Å². The van der Waals surface area contributed by atoms with Crippen LogP contribution in [-0.4, -0.2) is 12.6 Å². The highest BCUT2D eigenvalue weighted by atomic mass is 16.5. The highest BCUT2D eigenvalue weighted by Crippen LogP contribution is 2.28. The van der Waals surface area contributed by atoms with E-state index in [1.807, 2.05) is 6.92 Å². The molecular formula is C13H22O2. The Morgan fingerprint density at radius 3 is 2.73 bits per heavy atom. The Hall–Kier alpha value is -0.790. The van der Waals surface area contributed by atoms with E-state index in [1.165, 1.54) is 32.1 Å². The van der Waals surface area contributed by atoms with Gasteiger partial charge in [0.15, 0.2) is 0 Å². The van der Waals surface area contributed by atoms with E-state index in [9.17, 15) is 4.79 Å². The molecule has 0 aromatic heterocycles. The van der Waals surface area contributed by atoms with Crippen molar-refractivity contribution in [3.63, 3.8) is 0 Å². The predicted octanol–water partition coefficient (Wildman–Crippen LogP) is 3.47. The third-order valence-corrected chi connectivity index (χ3v) is 2.70. The van der Waals surface area contributed by atoms with Gasteiger partial charge in [-0.1, -0.05) is 25.3 Å². The molecule has 1 aliphatic rings. The van der Waals surface area contributed by atoms with E-state index in [0.717, 1.165) is 12.0 Å². The standard InChI is InChI=1S/C13H22O2/c1-3-4-5-6-11(2)9-13(14)15-10-12-7-8-12/h9,12H,3-8,10H2,1-2H3. The molecule has 1 aliphatic carbocycles. The first-order valence-corrected chi connectivity index (χ1v) is 6.06. The smallest absolute Gasteiger partial charge is 0.330 e. The van der Waals surface area contributed by atoms with Crippen molar-refractivity contribution in [3.8, 4) is 0 Å². The van der Waals surface area contributed by atoms with E-state index in [-0.39, 0.29) is 5.97 Å². The normalized spacial score (nSPS) is 16.5. The zero-order valence-electron chi connectivity index (χ0n) is 9.92. The van der Waals surface area contributed by atoms with Crippen LogP contribution in [0.2, 0.25) is 0 Å². The first-order chi connectivity index (χ1) is 7.22. The number of hydrogen-bond donors (Lipinski definition) is 0. The Bertz CT molecular complexity index is 227. The minimum Gasteiger partial charge on any atom is -0.462 e. The van der Waals surface area contributed by atoms with Gasteiger partial charge in [0.1, 0.15) is 0 Å². The molecule has 0 aromatic rings. The van der Waals surface area contributed by atoms with Crippen LogP contribution in [-0.2, 0) is 9.53 Å². The van der Waals surface area contributed by atoms with Crippen molar-refractivity contribution in [1.29, 1.82) is 0 Å². The molecule has 86 valence electrons. The number of esters is 1. The molecule has 0 spiro atoms. The fourth-order valence-corrected chi connectivity index (χ4v) is 1.45. The lowest BCUT2D eigenvalue weighted by Gasteiger charge is -2.02. The van der Waals surface area contributed by atoms with E-state index in [1.54, 1.807) is 6.08 Å². The van der Waals surface area contributed by atoms with Gasteiger partial charge in [-0.25, -0.2) is 4.79 Å². The number of carbonyl (C=O) groups excluding carboxylic acids is 1. The maximum absolute atomic E-state index is 11.3. The molecule has 1 fully saturated rings. The summed E-state index contributed by atoms with van der Waals surface area (Å²) < 4.78 is 5.13. The second kappa shape index (κ2) is 6.65. The van der Waals surface area contributed by atoms with Crippen LogP contribution in [0.3, 0.4) is 0 Å². The summed E-state index contributed by atoms with van der Waals surface area (Å²) in [6.07, 6.45) is 8.76. The van der Waals surface area contributed by atoms with E-state index in [2.05, 4.69) is 6.92 Å². The summed E-state index contributed by atoms with van der Waals surface area (Å²) in [6, 6.07) is 0. The molecule has 15 heavy (non-hydrogen) atoms. The lowest BCUT2D eigenvalue weighted by Crippen LogP contribution is -2.04. The van der Waals surface area contributed by atoms with E-state index in [0.29, 0.717) is 12.5 Å². The fraction of sp³-hybridized carbons (Fsp3) is 0.769. The number of allylic oxidation sites excluding steroid dienone is 1. The molecule has 0 atom stereocenters. The number of ether oxygens (including phenoxy) is 1. The predicted molar refractivity (Wildman–Crippen MR) is 61.6 cm³/mol. The molecule has 0 heterocycles. The first kappa shape index (κ1) is 12.3. The highest BCUT2D eigenvalue weighted by Gasteiger charge is 2.22. The van der Waals surface area contributed by atoms with Gasteiger partial charge in [-0.3, -0.25) is 0 Å². The summed E-state index contributed by atoms with van der Waals surface area (Å²) in [5.41, 5.74) is 1.14. The first-order valence-electron chi connectivity index (χ1n) is 6.06. The van der Waals surface area contributed by atoms with Gasteiger partial charge in [-0.15, -0.1) is 0 Å². The van der Waals surface area contributed by atoms with Gasteiger partial charge in [0.2, 0.25) is 0 Å². The second-order valence-electron chi connectivity index (χ2n) is 4.52. The lowest BCUT2D eigenvalue weighted by molar-refractivity contribution is -0.138. The highest BCUT2D eigenvalue weighted by molar-refractivity contribution is 5.82. The van der Waals surface area contributed by atoms with Crippen LogP contribution in [0.15, 0.2) is 11.6 Å².